The second kappa shape index (κ2) is 7.09. The van der Waals surface area contributed by atoms with Crippen LogP contribution in [-0.2, 0) is 11.3 Å². The summed E-state index contributed by atoms with van der Waals surface area (Å²) in [5.74, 6) is 0.713. The average molecular weight is 329 g/mol. The molecule has 0 spiro atoms. The van der Waals surface area contributed by atoms with Gasteiger partial charge in [-0.25, -0.2) is 9.97 Å². The number of aromatic nitrogens is 3. The van der Waals surface area contributed by atoms with Gasteiger partial charge >= 0.3 is 0 Å². The fourth-order valence-electron chi connectivity index (χ4n) is 2.09. The van der Waals surface area contributed by atoms with E-state index in [0.717, 1.165) is 6.42 Å². The van der Waals surface area contributed by atoms with Crippen molar-refractivity contribution in [1.82, 2.24) is 19.9 Å². The molecule has 2 heterocycles. The minimum absolute atomic E-state index is 0.0147. The fraction of sp³-hybridized carbons (Fsp3) is 0.500. The van der Waals surface area contributed by atoms with Gasteiger partial charge in [-0.05, 0) is 19.4 Å². The maximum absolute atomic E-state index is 11.7. The zero-order valence-electron chi connectivity index (χ0n) is 12.1. The third-order valence-corrected chi connectivity index (χ3v) is 3.47. The van der Waals surface area contributed by atoms with Crippen LogP contribution in [0.4, 0.5) is 0 Å². The van der Waals surface area contributed by atoms with Gasteiger partial charge in [0.15, 0.2) is 5.65 Å². The zero-order valence-corrected chi connectivity index (χ0v) is 13.6. The van der Waals surface area contributed by atoms with E-state index in [4.69, 9.17) is 23.2 Å². The third-order valence-electron chi connectivity index (χ3n) is 3.07. The number of hydrogen-bond donors (Lipinski definition) is 1. The monoisotopic (exact) mass is 328 g/mol. The van der Waals surface area contributed by atoms with E-state index < -0.39 is 0 Å². The van der Waals surface area contributed by atoms with Gasteiger partial charge in [0.05, 0.1) is 10.4 Å². The summed E-state index contributed by atoms with van der Waals surface area (Å²) in [4.78, 5) is 20.5. The van der Waals surface area contributed by atoms with Gasteiger partial charge in [-0.1, -0.05) is 18.5 Å². The number of nitrogens with one attached hydrogen (secondary N) is 1. The number of halogens is 2. The first-order valence-corrected chi connectivity index (χ1v) is 7.76. The Hall–Kier alpha value is -1.33. The summed E-state index contributed by atoms with van der Waals surface area (Å²) in [6, 6.07) is 1.75. The maximum atomic E-state index is 11.7. The summed E-state index contributed by atoms with van der Waals surface area (Å²) >= 11 is 12.1. The summed E-state index contributed by atoms with van der Waals surface area (Å²) in [6.45, 7) is 5.05. The van der Waals surface area contributed by atoms with Crippen LogP contribution in [-0.4, -0.2) is 27.0 Å². The van der Waals surface area contributed by atoms with Crippen LogP contribution in [0.15, 0.2) is 12.3 Å². The molecular weight excluding hydrogens is 311 g/mol. The summed E-state index contributed by atoms with van der Waals surface area (Å²) in [7, 11) is 0. The Bertz CT molecular complexity index is 639. The number of rotatable bonds is 6. The molecule has 0 saturated heterocycles. The van der Waals surface area contributed by atoms with Crippen LogP contribution >= 0.6 is 23.2 Å². The molecule has 114 valence electrons. The van der Waals surface area contributed by atoms with E-state index in [9.17, 15) is 4.79 Å². The van der Waals surface area contributed by atoms with Gasteiger partial charge in [0.1, 0.15) is 11.3 Å². The molecule has 0 aliphatic heterocycles. The first kappa shape index (κ1) is 16.0. The smallest absolute Gasteiger partial charge is 0.221 e. The topological polar surface area (TPSA) is 59.8 Å². The van der Waals surface area contributed by atoms with Crippen molar-refractivity contribution in [1.29, 1.82) is 0 Å². The zero-order chi connectivity index (χ0) is 15.4. The molecule has 2 aromatic heterocycles. The lowest BCUT2D eigenvalue weighted by Gasteiger charge is -2.10. The van der Waals surface area contributed by atoms with Crippen LogP contribution in [0.2, 0.25) is 5.02 Å². The highest BCUT2D eigenvalue weighted by molar-refractivity contribution is 6.31. The largest absolute Gasteiger partial charge is 0.356 e. The number of carbonyl (C=O) groups is 1. The van der Waals surface area contributed by atoms with E-state index >= 15 is 0 Å². The summed E-state index contributed by atoms with van der Waals surface area (Å²) < 4.78 is 1.88. The molecule has 7 heteroatoms. The van der Waals surface area contributed by atoms with E-state index in [1.807, 2.05) is 18.4 Å². The standard InChI is InChI=1S/C14H18Cl2N4O/c1-3-5-17-12(21)4-6-20-13(9(2)15)19-11-7-10(16)8-18-14(11)20/h7-9H,3-6H2,1-2H3,(H,17,21). The van der Waals surface area contributed by atoms with E-state index in [0.29, 0.717) is 41.5 Å². The predicted molar refractivity (Wildman–Crippen MR) is 84.7 cm³/mol. The van der Waals surface area contributed by atoms with Gasteiger partial charge < -0.3 is 9.88 Å². The lowest BCUT2D eigenvalue weighted by molar-refractivity contribution is -0.121. The minimum Gasteiger partial charge on any atom is -0.356 e. The molecule has 1 unspecified atom stereocenters. The van der Waals surface area contributed by atoms with Crippen molar-refractivity contribution in [3.8, 4) is 0 Å². The van der Waals surface area contributed by atoms with E-state index in [-0.39, 0.29) is 11.3 Å². The molecular formula is C14H18Cl2N4O. The van der Waals surface area contributed by atoms with Crippen LogP contribution in [0, 0.1) is 0 Å². The number of amides is 1. The van der Waals surface area contributed by atoms with Gasteiger partial charge in [-0.15, -0.1) is 11.6 Å². The Balaban J connectivity index is 2.24. The van der Waals surface area contributed by atoms with E-state index in [1.54, 1.807) is 12.3 Å². The maximum Gasteiger partial charge on any atom is 0.221 e. The molecule has 0 aromatic carbocycles. The molecule has 1 N–H and O–H groups in total. The highest BCUT2D eigenvalue weighted by atomic mass is 35.5. The first-order chi connectivity index (χ1) is 10.0. The number of pyridine rings is 1. The fourth-order valence-corrected chi connectivity index (χ4v) is 2.41. The Morgan fingerprint density at radius 2 is 2.29 bits per heavy atom. The van der Waals surface area contributed by atoms with Crippen molar-refractivity contribution >= 4 is 40.3 Å². The van der Waals surface area contributed by atoms with Crippen molar-refractivity contribution in [3.05, 3.63) is 23.1 Å². The molecule has 0 saturated carbocycles. The first-order valence-electron chi connectivity index (χ1n) is 6.95. The summed E-state index contributed by atoms with van der Waals surface area (Å²) in [5.41, 5.74) is 1.39. The normalized spacial score (nSPS) is 12.6. The van der Waals surface area contributed by atoms with Crippen molar-refractivity contribution in [2.24, 2.45) is 0 Å². The van der Waals surface area contributed by atoms with Crippen LogP contribution in [0.5, 0.6) is 0 Å². The third kappa shape index (κ3) is 3.86. The van der Waals surface area contributed by atoms with Gasteiger partial charge in [-0.3, -0.25) is 4.79 Å². The molecule has 0 fully saturated rings. The number of aryl methyl sites for hydroxylation is 1. The number of nitrogens with zero attached hydrogens (tertiary/aromatic N) is 3. The second-order valence-electron chi connectivity index (χ2n) is 4.83. The van der Waals surface area contributed by atoms with Gasteiger partial charge in [-0.2, -0.15) is 0 Å². The van der Waals surface area contributed by atoms with Crippen molar-refractivity contribution in [2.75, 3.05) is 6.54 Å². The van der Waals surface area contributed by atoms with Crippen LogP contribution in [0.1, 0.15) is 37.9 Å². The molecule has 0 aliphatic rings. The molecule has 5 nitrogen and oxygen atoms in total. The number of alkyl halides is 1. The predicted octanol–water partition coefficient (Wildman–Crippen LogP) is 3.30. The Morgan fingerprint density at radius 1 is 1.52 bits per heavy atom. The quantitative estimate of drug-likeness (QED) is 0.827. The van der Waals surface area contributed by atoms with Gasteiger partial charge in [0.2, 0.25) is 5.91 Å². The molecule has 0 bridgehead atoms. The van der Waals surface area contributed by atoms with Gasteiger partial charge in [0.25, 0.3) is 0 Å². The highest BCUT2D eigenvalue weighted by Crippen LogP contribution is 2.25. The summed E-state index contributed by atoms with van der Waals surface area (Å²) in [6.07, 6.45) is 2.86. The minimum atomic E-state index is -0.267. The molecule has 0 aliphatic carbocycles. The molecule has 1 amide bonds. The number of hydrogen-bond acceptors (Lipinski definition) is 3. The SMILES string of the molecule is CCCNC(=O)CCn1c(C(C)Cl)nc2cc(Cl)cnc21. The van der Waals surface area contributed by atoms with Gasteiger partial charge in [0, 0.05) is 25.7 Å². The Labute approximate surface area is 133 Å². The van der Waals surface area contributed by atoms with Crippen LogP contribution in [0.25, 0.3) is 11.2 Å². The number of carbonyl (C=O) groups excluding carboxylic acids is 1. The molecule has 0 radical (unpaired) electrons. The van der Waals surface area contributed by atoms with Crippen molar-refractivity contribution in [3.63, 3.8) is 0 Å². The van der Waals surface area contributed by atoms with Crippen LogP contribution < -0.4 is 5.32 Å². The highest BCUT2D eigenvalue weighted by Gasteiger charge is 2.16. The van der Waals surface area contributed by atoms with Crippen LogP contribution in [0.3, 0.4) is 0 Å². The average Bonchev–Trinajstić information content (AvgIpc) is 2.80. The number of fused-ring (bicyclic) bond motifs is 1. The summed E-state index contributed by atoms with van der Waals surface area (Å²) in [5, 5.41) is 3.12. The number of imidazole rings is 1. The lowest BCUT2D eigenvalue weighted by atomic mass is 10.3. The Kier molecular flexibility index (Phi) is 5.42. The Morgan fingerprint density at radius 3 is 2.95 bits per heavy atom. The molecule has 2 aromatic rings. The molecule has 21 heavy (non-hydrogen) atoms. The van der Waals surface area contributed by atoms with Crippen molar-refractivity contribution < 1.29 is 4.79 Å². The molecule has 2 rings (SSSR count). The second-order valence-corrected chi connectivity index (χ2v) is 5.92. The van der Waals surface area contributed by atoms with Crippen molar-refractivity contribution in [2.45, 2.75) is 38.6 Å². The molecule has 1 atom stereocenters. The van der Waals surface area contributed by atoms with E-state index in [1.165, 1.54) is 0 Å². The van der Waals surface area contributed by atoms with E-state index in [2.05, 4.69) is 15.3 Å². The lowest BCUT2D eigenvalue weighted by Crippen LogP contribution is -2.25.